The molecule has 1 heterocycles. The number of rotatable bonds is 3. The van der Waals surface area contributed by atoms with Crippen LogP contribution in [0.25, 0.3) is 10.9 Å². The van der Waals surface area contributed by atoms with Crippen molar-refractivity contribution in [2.45, 2.75) is 13.0 Å². The highest BCUT2D eigenvalue weighted by molar-refractivity contribution is 5.80. The second kappa shape index (κ2) is 5.31. The van der Waals surface area contributed by atoms with Crippen molar-refractivity contribution in [3.05, 3.63) is 66.2 Å². The number of nitrogens with two attached hydrogens (primary N) is 1. The lowest BCUT2D eigenvalue weighted by atomic mass is 10.1. The van der Waals surface area contributed by atoms with Crippen LogP contribution >= 0.6 is 0 Å². The largest absolute Gasteiger partial charge is 0.340 e. The van der Waals surface area contributed by atoms with Crippen LogP contribution in [0.4, 0.5) is 11.5 Å². The molecule has 3 nitrogen and oxygen atoms in total. The number of nitrogens with one attached hydrogen (secondary N) is 1. The van der Waals surface area contributed by atoms with Gasteiger partial charge in [-0.15, -0.1) is 0 Å². The molecule has 2 aromatic carbocycles. The molecule has 1 atom stereocenters. The van der Waals surface area contributed by atoms with Crippen molar-refractivity contribution in [1.82, 2.24) is 4.98 Å². The van der Waals surface area contributed by atoms with Gasteiger partial charge in [-0.05, 0) is 36.8 Å². The van der Waals surface area contributed by atoms with Gasteiger partial charge in [0.05, 0.1) is 5.52 Å². The molecule has 0 spiro atoms. The van der Waals surface area contributed by atoms with Crippen LogP contribution in [0.2, 0.25) is 0 Å². The van der Waals surface area contributed by atoms with E-state index in [2.05, 4.69) is 22.4 Å². The van der Waals surface area contributed by atoms with Gasteiger partial charge in [0.1, 0.15) is 5.82 Å². The molecule has 0 aliphatic carbocycles. The minimum Gasteiger partial charge on any atom is -0.340 e. The molecular weight excluding hydrogens is 246 g/mol. The van der Waals surface area contributed by atoms with Gasteiger partial charge in [-0.2, -0.15) is 0 Å². The summed E-state index contributed by atoms with van der Waals surface area (Å²) in [5, 5.41) is 4.49. The summed E-state index contributed by atoms with van der Waals surface area (Å²) >= 11 is 0. The second-order valence-electron chi connectivity index (χ2n) is 4.89. The molecule has 1 aromatic heterocycles. The van der Waals surface area contributed by atoms with E-state index in [1.165, 1.54) is 0 Å². The quantitative estimate of drug-likeness (QED) is 0.751. The van der Waals surface area contributed by atoms with E-state index in [9.17, 15) is 0 Å². The molecule has 0 saturated heterocycles. The van der Waals surface area contributed by atoms with Crippen LogP contribution < -0.4 is 11.1 Å². The van der Waals surface area contributed by atoms with Crippen LogP contribution in [0.15, 0.2) is 60.7 Å². The van der Waals surface area contributed by atoms with Crippen molar-refractivity contribution in [3.8, 4) is 0 Å². The van der Waals surface area contributed by atoms with Crippen molar-refractivity contribution in [2.24, 2.45) is 5.73 Å². The molecule has 20 heavy (non-hydrogen) atoms. The minimum absolute atomic E-state index is 0.0147. The molecule has 3 rings (SSSR count). The summed E-state index contributed by atoms with van der Waals surface area (Å²) in [6.07, 6.45) is 0. The smallest absolute Gasteiger partial charge is 0.131 e. The van der Waals surface area contributed by atoms with Crippen molar-refractivity contribution in [2.75, 3.05) is 5.32 Å². The molecule has 0 saturated carbocycles. The monoisotopic (exact) mass is 263 g/mol. The molecule has 0 bridgehead atoms. The van der Waals surface area contributed by atoms with Gasteiger partial charge in [-0.1, -0.05) is 36.4 Å². The zero-order valence-corrected chi connectivity index (χ0v) is 11.4. The molecular formula is C17H17N3. The molecule has 0 radical (unpaired) electrons. The fourth-order valence-corrected chi connectivity index (χ4v) is 2.28. The second-order valence-corrected chi connectivity index (χ2v) is 4.89. The van der Waals surface area contributed by atoms with Crippen LogP contribution in [0.1, 0.15) is 18.5 Å². The first kappa shape index (κ1) is 12.6. The lowest BCUT2D eigenvalue weighted by Gasteiger charge is -2.14. The van der Waals surface area contributed by atoms with Gasteiger partial charge in [0.15, 0.2) is 0 Å². The summed E-state index contributed by atoms with van der Waals surface area (Å²) in [5.74, 6) is 0.830. The van der Waals surface area contributed by atoms with Gasteiger partial charge >= 0.3 is 0 Å². The van der Waals surface area contributed by atoms with E-state index in [-0.39, 0.29) is 6.04 Å². The third-order valence-electron chi connectivity index (χ3n) is 3.31. The summed E-state index contributed by atoms with van der Waals surface area (Å²) in [4.78, 5) is 4.62. The maximum absolute atomic E-state index is 6.00. The third kappa shape index (κ3) is 2.49. The maximum Gasteiger partial charge on any atom is 0.131 e. The molecule has 3 aromatic rings. The third-order valence-corrected chi connectivity index (χ3v) is 3.31. The number of pyridine rings is 1. The van der Waals surface area contributed by atoms with Crippen LogP contribution in [-0.2, 0) is 0 Å². The molecule has 0 aliphatic heterocycles. The van der Waals surface area contributed by atoms with Crippen LogP contribution in [-0.4, -0.2) is 4.98 Å². The topological polar surface area (TPSA) is 50.9 Å². The summed E-state index contributed by atoms with van der Waals surface area (Å²) in [6, 6.07) is 20.2. The normalized spacial score (nSPS) is 12.3. The lowest BCUT2D eigenvalue weighted by Crippen LogP contribution is -2.08. The Morgan fingerprint density at radius 1 is 0.950 bits per heavy atom. The Balaban J connectivity index is 1.97. The molecule has 0 aliphatic rings. The highest BCUT2D eigenvalue weighted by Crippen LogP contribution is 2.25. The number of hydrogen-bond acceptors (Lipinski definition) is 3. The van der Waals surface area contributed by atoms with Crippen LogP contribution in [0, 0.1) is 0 Å². The summed E-state index contributed by atoms with van der Waals surface area (Å²) in [6.45, 7) is 1.98. The molecule has 1 unspecified atom stereocenters. The number of benzene rings is 2. The van der Waals surface area contributed by atoms with Crippen molar-refractivity contribution < 1.29 is 0 Å². The molecule has 0 fully saturated rings. The highest BCUT2D eigenvalue weighted by atomic mass is 15.0. The first-order valence-electron chi connectivity index (χ1n) is 6.71. The van der Waals surface area contributed by atoms with Crippen molar-refractivity contribution in [1.29, 1.82) is 0 Å². The molecule has 0 amide bonds. The van der Waals surface area contributed by atoms with E-state index >= 15 is 0 Å². The van der Waals surface area contributed by atoms with Crippen LogP contribution in [0.5, 0.6) is 0 Å². The highest BCUT2D eigenvalue weighted by Gasteiger charge is 2.06. The zero-order valence-electron chi connectivity index (χ0n) is 11.4. The Labute approximate surface area is 118 Å². The van der Waals surface area contributed by atoms with E-state index in [0.717, 1.165) is 28.0 Å². The zero-order chi connectivity index (χ0) is 13.9. The average molecular weight is 263 g/mol. The summed E-state index contributed by atoms with van der Waals surface area (Å²) in [7, 11) is 0. The Morgan fingerprint density at radius 3 is 2.55 bits per heavy atom. The van der Waals surface area contributed by atoms with Crippen molar-refractivity contribution >= 4 is 22.4 Å². The van der Waals surface area contributed by atoms with Crippen molar-refractivity contribution in [3.63, 3.8) is 0 Å². The van der Waals surface area contributed by atoms with Gasteiger partial charge in [-0.3, -0.25) is 0 Å². The fraction of sp³-hybridized carbons (Fsp3) is 0.118. The summed E-state index contributed by atoms with van der Waals surface area (Å²) < 4.78 is 0. The first-order chi connectivity index (χ1) is 9.74. The van der Waals surface area contributed by atoms with E-state index in [0.29, 0.717) is 0 Å². The Hall–Kier alpha value is -2.39. The van der Waals surface area contributed by atoms with Gasteiger partial charge in [0.25, 0.3) is 0 Å². The number of hydrogen-bond donors (Lipinski definition) is 2. The average Bonchev–Trinajstić information content (AvgIpc) is 2.47. The van der Waals surface area contributed by atoms with Gasteiger partial charge in [-0.25, -0.2) is 4.98 Å². The van der Waals surface area contributed by atoms with Gasteiger partial charge in [0.2, 0.25) is 0 Å². The predicted octanol–water partition coefficient (Wildman–Crippen LogP) is 4.00. The number of para-hydroxylation sites is 2. The standard InChI is InChI=1S/C17H17N3/c1-12(18)14-7-3-5-9-16(14)20-17-11-10-13-6-2-4-8-15(13)19-17/h2-12H,18H2,1H3,(H,19,20). The minimum atomic E-state index is -0.0147. The molecule has 100 valence electrons. The van der Waals surface area contributed by atoms with E-state index in [1.807, 2.05) is 55.5 Å². The number of fused-ring (bicyclic) bond motifs is 1. The summed E-state index contributed by atoms with van der Waals surface area (Å²) in [5.41, 5.74) is 9.07. The Bertz CT molecular complexity index is 735. The van der Waals surface area contributed by atoms with Crippen LogP contribution in [0.3, 0.4) is 0 Å². The number of anilines is 2. The van der Waals surface area contributed by atoms with Gasteiger partial charge in [0, 0.05) is 17.1 Å². The fourth-order valence-electron chi connectivity index (χ4n) is 2.28. The van der Waals surface area contributed by atoms with E-state index in [4.69, 9.17) is 5.73 Å². The Kier molecular flexibility index (Phi) is 3.35. The van der Waals surface area contributed by atoms with Gasteiger partial charge < -0.3 is 11.1 Å². The predicted molar refractivity (Wildman–Crippen MR) is 84.1 cm³/mol. The maximum atomic E-state index is 6.00. The number of nitrogens with zero attached hydrogens (tertiary/aromatic N) is 1. The SMILES string of the molecule is CC(N)c1ccccc1Nc1ccc2ccccc2n1. The molecule has 3 N–H and O–H groups in total. The molecule has 3 heteroatoms. The first-order valence-corrected chi connectivity index (χ1v) is 6.71. The van der Waals surface area contributed by atoms with E-state index < -0.39 is 0 Å². The van der Waals surface area contributed by atoms with E-state index in [1.54, 1.807) is 0 Å². The lowest BCUT2D eigenvalue weighted by molar-refractivity contribution is 0.820. The Morgan fingerprint density at radius 2 is 1.70 bits per heavy atom. The number of aromatic nitrogens is 1.